The van der Waals surface area contributed by atoms with Crippen LogP contribution < -0.4 is 51.1 Å². The van der Waals surface area contributed by atoms with Crippen molar-refractivity contribution in [2.45, 2.75) is 40.0 Å². The van der Waals surface area contributed by atoms with Crippen LogP contribution in [-0.4, -0.2) is 165 Å². The average Bonchev–Trinajstić information content (AvgIpc) is 3.24. The molecule has 0 atom stereocenters. The third-order valence-corrected chi connectivity index (χ3v) is 7.82. The summed E-state index contributed by atoms with van der Waals surface area (Å²) < 4.78 is 0. The van der Waals surface area contributed by atoms with E-state index < -0.39 is 112 Å². The van der Waals surface area contributed by atoms with Gasteiger partial charge >= 0.3 is 109 Å². The average molecular weight is 1760 g/mol. The number of carboxylic acid groups (broad SMARTS) is 10. The molecule has 0 aliphatic carbocycles. The van der Waals surface area contributed by atoms with Gasteiger partial charge in [0, 0.05) is 90.5 Å². The van der Waals surface area contributed by atoms with Gasteiger partial charge in [-0.3, -0.25) is 19.6 Å². The van der Waals surface area contributed by atoms with Gasteiger partial charge in [-0.2, -0.15) is 0 Å². The van der Waals surface area contributed by atoms with Gasteiger partial charge in [-0.15, -0.1) is 0 Å². The zero-order chi connectivity index (χ0) is 55.0. The Hall–Kier alpha value is -5.69. The minimum Gasteiger partial charge on any atom is -0.550 e. The molecule has 0 saturated carbocycles. The number of aliphatic carboxylic acids is 10. The van der Waals surface area contributed by atoms with Crippen molar-refractivity contribution in [1.82, 2.24) is 19.6 Å². The van der Waals surface area contributed by atoms with E-state index in [-0.39, 0.29) is 223 Å². The molecule has 4 radical (unpaired) electrons. The Morgan fingerprint density at radius 2 is 0.337 bits per heavy atom. The molecule has 44 heteroatoms. The molecule has 0 aliphatic rings. The molecule has 42 N–H and O–H groups in total. The van der Waals surface area contributed by atoms with E-state index in [0.29, 0.717) is 0 Å². The Balaban J connectivity index is -0.0000000319. The van der Waals surface area contributed by atoms with E-state index in [2.05, 4.69) is 0 Å². The Morgan fingerprint density at radius 1 is 0.250 bits per heavy atom. The summed E-state index contributed by atoms with van der Waals surface area (Å²) in [6.45, 7) is -0.522. The second-order valence-electron chi connectivity index (χ2n) is 14.5. The van der Waals surface area contributed by atoms with Crippen LogP contribution in [0.25, 0.3) is 0 Å². The van der Waals surface area contributed by atoms with Gasteiger partial charge in [0.05, 0.1) is 47.8 Å². The zero-order valence-electron chi connectivity index (χ0n) is 48.9. The van der Waals surface area contributed by atoms with E-state index in [0.717, 1.165) is 36.1 Å². The number of hydrogen-bond acceptors (Lipinski definition) is 24. The second kappa shape index (κ2) is 94.0. The molecule has 0 amide bonds. The first-order valence-corrected chi connectivity index (χ1v) is 20.8. The predicted molar refractivity (Wildman–Crippen MR) is 299 cm³/mol. The van der Waals surface area contributed by atoms with E-state index in [9.17, 15) is 79.2 Å². The molecule has 92 heavy (non-hydrogen) atoms. The van der Waals surface area contributed by atoms with Crippen molar-refractivity contribution in [2.24, 2.45) is 0 Å². The monoisotopic (exact) mass is 1760 g/mol. The predicted octanol–water partition coefficient (Wildman–Crippen LogP) is -24.7. The summed E-state index contributed by atoms with van der Waals surface area (Å²) in [5, 5.41) is 101. The minimum absolute atomic E-state index is 0. The Morgan fingerprint density at radius 3 is 0.413 bits per heavy atom. The SMILES string of the molecule is CC(=O)[O-].CC(=O)[O-].O.O.O.O.O.O.O=C([O-])CN(CC(=O)[O-])Cc1ccccc1.O=C([O-])CN(CC(=O)[O-])Cc1ccccc1.O=C([O-])CN(CC(=O)[O-])Cc1ccccc1.O=C([O-])CN(CC(=O)[O-])Cc1ccccc1.[Cu+2].[Cu+2].[Er+3].[Er+3].[OH3+].[OH3+].[OH3+].[OH3+].[OH3+].[OH3+].[OH3+].[OH3+].[OH3+].[OH3+]. The molecule has 0 aromatic heterocycles. The van der Waals surface area contributed by atoms with E-state index in [1.54, 1.807) is 97.1 Å². The first-order chi connectivity index (χ1) is 33.8. The summed E-state index contributed by atoms with van der Waals surface area (Å²) in [7, 11) is 0. The molecule has 0 spiro atoms. The van der Waals surface area contributed by atoms with Gasteiger partial charge in [-0.25, -0.2) is 0 Å². The number of nitrogens with zero attached hydrogens (tertiary/aromatic N) is 4. The van der Waals surface area contributed by atoms with E-state index in [4.69, 9.17) is 19.8 Å². The quantitative estimate of drug-likeness (QED) is 0.0464. The molecule has 4 rings (SSSR count). The third kappa shape index (κ3) is 106. The van der Waals surface area contributed by atoms with Crippen LogP contribution in [0.5, 0.6) is 0 Å². The number of carbonyl (C=O) groups is 10. The van der Waals surface area contributed by atoms with Crippen molar-refractivity contribution in [3.63, 3.8) is 0 Å². The van der Waals surface area contributed by atoms with Gasteiger partial charge in [0.25, 0.3) is 0 Å². The fourth-order valence-corrected chi connectivity index (χ4v) is 5.50. The van der Waals surface area contributed by atoms with Crippen LogP contribution in [-0.2, 0) is 163 Å². The van der Waals surface area contributed by atoms with Crippen LogP contribution in [0, 0.1) is 74.6 Å². The second-order valence-corrected chi connectivity index (χ2v) is 14.5. The third-order valence-electron chi connectivity index (χ3n) is 7.82. The number of benzene rings is 4. The summed E-state index contributed by atoms with van der Waals surface area (Å²) in [5.74, 6) is -12.6. The zero-order valence-corrected chi connectivity index (χ0v) is 54.5. The summed E-state index contributed by atoms with van der Waals surface area (Å²) >= 11 is 0. The topological polar surface area (TPSA) is 933 Å². The standard InChI is InChI=1S/4C11H13NO4.2C2H4O2.2Cu.2Er.16H2O/c4*13-10(14)7-12(8-11(15)16)6-9-4-2-1-3-5-9;2*1-2(3)4;;;;;;;;;;;;;;;;;;;;/h4*1-5H,6-8H2,(H,13,14)(H,15,16);2*1H3,(H,3,4);;;;;16*1H2/q;;;;;;2*+2;2*+3;;;;;;;;;;;;;;;;. The maximum Gasteiger partial charge on any atom is 3.00 e. The van der Waals surface area contributed by atoms with Crippen molar-refractivity contribution >= 4 is 59.7 Å². The number of hydrogen-bond donors (Lipinski definition) is 0. The maximum atomic E-state index is 10.4. The van der Waals surface area contributed by atoms with Gasteiger partial charge in [-0.1, -0.05) is 121 Å². The minimum atomic E-state index is -1.31. The number of carbonyl (C=O) groups excluding carboxylic acids is 10. The molecule has 0 saturated heterocycles. The van der Waals surface area contributed by atoms with Crippen LogP contribution >= 0.6 is 0 Å². The smallest absolute Gasteiger partial charge is 0.550 e. The number of rotatable bonds is 24. The molecular weight excluding hydrogens is 1670 g/mol. The van der Waals surface area contributed by atoms with Crippen LogP contribution in [0.15, 0.2) is 121 Å². The van der Waals surface area contributed by atoms with E-state index >= 15 is 0 Å². The largest absolute Gasteiger partial charge is 3.00 e. The van der Waals surface area contributed by atoms with Gasteiger partial charge < -0.3 is 187 Å². The van der Waals surface area contributed by atoms with Crippen molar-refractivity contribution < 1.29 is 295 Å². The van der Waals surface area contributed by atoms with Crippen molar-refractivity contribution in [1.29, 1.82) is 0 Å². The molecule has 0 aliphatic heterocycles. The molecule has 0 heterocycles. The Labute approximate surface area is 605 Å². The fourth-order valence-electron chi connectivity index (χ4n) is 5.50. The van der Waals surface area contributed by atoms with Crippen molar-refractivity contribution in [3.8, 4) is 0 Å². The summed E-state index contributed by atoms with van der Waals surface area (Å²) in [6, 6.07) is 36.0. The van der Waals surface area contributed by atoms with Gasteiger partial charge in [0.2, 0.25) is 0 Å². The Bertz CT molecular complexity index is 1930. The summed E-state index contributed by atoms with van der Waals surface area (Å²) in [6.07, 6.45) is 0. The summed E-state index contributed by atoms with van der Waals surface area (Å²) in [4.78, 5) is 106. The molecule has 0 bridgehead atoms. The van der Waals surface area contributed by atoms with Crippen LogP contribution in [0.4, 0.5) is 0 Å². The molecule has 4 aromatic rings. The van der Waals surface area contributed by atoms with E-state index in [1.807, 2.05) is 24.3 Å². The molecule has 0 unspecified atom stereocenters. The molecule has 556 valence electrons. The molecular formula is C48H92Cu2Er2N4O36+10. The number of carboxylic acids is 10. The van der Waals surface area contributed by atoms with E-state index in [1.165, 1.54) is 19.6 Å². The normalized spacial score (nSPS) is 7.72. The Kier molecular flexibility index (Phi) is 155. The van der Waals surface area contributed by atoms with Gasteiger partial charge in [0.15, 0.2) is 0 Å². The van der Waals surface area contributed by atoms with Gasteiger partial charge in [0.1, 0.15) is 0 Å². The van der Waals surface area contributed by atoms with Crippen molar-refractivity contribution in [2.75, 3.05) is 52.4 Å². The van der Waals surface area contributed by atoms with Crippen LogP contribution in [0.1, 0.15) is 36.1 Å². The molecule has 40 nitrogen and oxygen atoms in total. The summed E-state index contributed by atoms with van der Waals surface area (Å²) in [5.41, 5.74) is 3.35. The molecule has 0 fully saturated rings. The van der Waals surface area contributed by atoms with Crippen LogP contribution in [0.3, 0.4) is 0 Å². The van der Waals surface area contributed by atoms with Gasteiger partial charge in [-0.05, 0) is 36.1 Å². The fraction of sp³-hybridized carbons (Fsp3) is 0.292. The van der Waals surface area contributed by atoms with Crippen molar-refractivity contribution in [3.05, 3.63) is 144 Å². The first kappa shape index (κ1) is 152. The first-order valence-electron chi connectivity index (χ1n) is 20.8. The maximum absolute atomic E-state index is 10.4. The molecule has 4 aromatic carbocycles. The van der Waals surface area contributed by atoms with Crippen LogP contribution in [0.2, 0.25) is 0 Å².